The molecule has 0 radical (unpaired) electrons. The van der Waals surface area contributed by atoms with Gasteiger partial charge in [0.25, 0.3) is 0 Å². The maximum Gasteiger partial charge on any atom is 0.323 e. The van der Waals surface area contributed by atoms with Gasteiger partial charge in [0.1, 0.15) is 6.54 Å². The molecule has 0 aromatic carbocycles. The Hall–Kier alpha value is -1.52. The average Bonchev–Trinajstić information content (AvgIpc) is 2.22. The number of rotatable bonds is 7. The Labute approximate surface area is 102 Å². The zero-order chi connectivity index (χ0) is 13.4. The number of allylic oxidation sites excluding steroid dienone is 2. The molecule has 0 rings (SSSR count). The third kappa shape index (κ3) is 6.60. The Morgan fingerprint density at radius 2 is 2.00 bits per heavy atom. The van der Waals surface area contributed by atoms with E-state index in [-0.39, 0.29) is 25.0 Å². The van der Waals surface area contributed by atoms with Crippen molar-refractivity contribution in [1.29, 1.82) is 0 Å². The molecule has 5 heteroatoms. The van der Waals surface area contributed by atoms with Crippen LogP contribution in [0.3, 0.4) is 0 Å². The lowest BCUT2D eigenvalue weighted by atomic mass is 10.3. The smallest absolute Gasteiger partial charge is 0.323 e. The van der Waals surface area contributed by atoms with Gasteiger partial charge in [0.2, 0.25) is 5.91 Å². The molecule has 0 atom stereocenters. The number of carbonyl (C=O) groups excluding carboxylic acids is 1. The van der Waals surface area contributed by atoms with E-state index >= 15 is 0 Å². The first-order valence-electron chi connectivity index (χ1n) is 5.80. The molecule has 0 aliphatic carbocycles. The number of carbonyl (C=O) groups is 2. The first-order chi connectivity index (χ1) is 7.88. The highest BCUT2D eigenvalue weighted by molar-refractivity contribution is 5.83. The van der Waals surface area contributed by atoms with E-state index in [0.29, 0.717) is 0 Å². The van der Waals surface area contributed by atoms with Crippen LogP contribution in [0.2, 0.25) is 0 Å². The van der Waals surface area contributed by atoms with Crippen LogP contribution in [0.25, 0.3) is 0 Å². The summed E-state index contributed by atoms with van der Waals surface area (Å²) in [6.45, 7) is 7.37. The van der Waals surface area contributed by atoms with Crippen molar-refractivity contribution in [2.45, 2.75) is 40.2 Å². The fourth-order valence-corrected chi connectivity index (χ4v) is 1.40. The summed E-state index contributed by atoms with van der Waals surface area (Å²) in [5.74, 6) is -1.20. The molecule has 1 amide bonds. The van der Waals surface area contributed by atoms with Gasteiger partial charge in [0, 0.05) is 11.7 Å². The maximum atomic E-state index is 11.8. The fourth-order valence-electron chi connectivity index (χ4n) is 1.40. The molecular formula is C12H22N2O3. The fraction of sp³-hybridized carbons (Fsp3) is 0.667. The van der Waals surface area contributed by atoms with Gasteiger partial charge in [-0.25, -0.2) is 0 Å². The van der Waals surface area contributed by atoms with Crippen molar-refractivity contribution in [1.82, 2.24) is 10.2 Å². The van der Waals surface area contributed by atoms with Crippen molar-refractivity contribution in [3.05, 3.63) is 11.8 Å². The standard InChI is InChI=1S/C12H22N2O3/c1-5-6-10(4)13-7-11(15)14(9(2)3)8-12(16)17/h6,9,13H,5,7-8H2,1-4H3,(H,16,17)/b10-6+. The minimum atomic E-state index is -0.993. The molecule has 0 aromatic rings. The summed E-state index contributed by atoms with van der Waals surface area (Å²) in [5.41, 5.74) is 0.930. The van der Waals surface area contributed by atoms with E-state index in [4.69, 9.17) is 5.11 Å². The molecule has 0 spiro atoms. The minimum absolute atomic E-state index is 0.115. The second kappa shape index (κ2) is 7.70. The summed E-state index contributed by atoms with van der Waals surface area (Å²) < 4.78 is 0. The van der Waals surface area contributed by atoms with Gasteiger partial charge in [-0.3, -0.25) is 9.59 Å². The Morgan fingerprint density at radius 3 is 2.41 bits per heavy atom. The van der Waals surface area contributed by atoms with Gasteiger partial charge in [-0.2, -0.15) is 0 Å². The van der Waals surface area contributed by atoms with Gasteiger partial charge in [-0.1, -0.05) is 13.0 Å². The monoisotopic (exact) mass is 242 g/mol. The van der Waals surface area contributed by atoms with E-state index in [1.165, 1.54) is 4.90 Å². The Balaban J connectivity index is 4.34. The molecule has 17 heavy (non-hydrogen) atoms. The van der Waals surface area contributed by atoms with Crippen LogP contribution in [0.5, 0.6) is 0 Å². The zero-order valence-corrected chi connectivity index (χ0v) is 11.0. The van der Waals surface area contributed by atoms with E-state index in [2.05, 4.69) is 5.32 Å². The molecule has 0 saturated heterocycles. The molecule has 5 nitrogen and oxygen atoms in total. The highest BCUT2D eigenvalue weighted by atomic mass is 16.4. The molecule has 0 unspecified atom stereocenters. The van der Waals surface area contributed by atoms with Crippen molar-refractivity contribution >= 4 is 11.9 Å². The van der Waals surface area contributed by atoms with Crippen molar-refractivity contribution in [3.63, 3.8) is 0 Å². The van der Waals surface area contributed by atoms with Crippen LogP contribution < -0.4 is 5.32 Å². The van der Waals surface area contributed by atoms with E-state index in [9.17, 15) is 9.59 Å². The number of carboxylic acid groups (broad SMARTS) is 1. The number of amides is 1. The third-order valence-electron chi connectivity index (χ3n) is 2.28. The van der Waals surface area contributed by atoms with Crippen LogP contribution in [0.15, 0.2) is 11.8 Å². The first-order valence-corrected chi connectivity index (χ1v) is 5.80. The highest BCUT2D eigenvalue weighted by Crippen LogP contribution is 1.99. The van der Waals surface area contributed by atoms with Gasteiger partial charge < -0.3 is 15.3 Å². The lowest BCUT2D eigenvalue weighted by Gasteiger charge is -2.25. The molecule has 2 N–H and O–H groups in total. The topological polar surface area (TPSA) is 69.6 Å². The normalized spacial score (nSPS) is 11.5. The van der Waals surface area contributed by atoms with Crippen molar-refractivity contribution < 1.29 is 14.7 Å². The number of carboxylic acids is 1. The summed E-state index contributed by atoms with van der Waals surface area (Å²) in [5, 5.41) is 11.7. The molecule has 0 aromatic heterocycles. The minimum Gasteiger partial charge on any atom is -0.480 e. The summed E-state index contributed by atoms with van der Waals surface area (Å²) in [6, 6.07) is -0.115. The molecule has 0 saturated carbocycles. The van der Waals surface area contributed by atoms with Gasteiger partial charge in [-0.15, -0.1) is 0 Å². The first kappa shape index (κ1) is 15.5. The third-order valence-corrected chi connectivity index (χ3v) is 2.28. The molecule has 0 fully saturated rings. The van der Waals surface area contributed by atoms with Crippen LogP contribution >= 0.6 is 0 Å². The van der Waals surface area contributed by atoms with E-state index < -0.39 is 5.97 Å². The van der Waals surface area contributed by atoms with Gasteiger partial charge in [0.05, 0.1) is 6.54 Å². The Kier molecular flexibility index (Phi) is 7.02. The Morgan fingerprint density at radius 1 is 1.41 bits per heavy atom. The van der Waals surface area contributed by atoms with Gasteiger partial charge >= 0.3 is 5.97 Å². The SMILES string of the molecule is CC/C=C(\C)NCC(=O)N(CC(=O)O)C(C)C. The molecule has 98 valence electrons. The van der Waals surface area contributed by atoms with E-state index in [1.807, 2.05) is 19.9 Å². The average molecular weight is 242 g/mol. The van der Waals surface area contributed by atoms with Crippen molar-refractivity contribution in [2.24, 2.45) is 0 Å². The van der Waals surface area contributed by atoms with Crippen LogP contribution in [-0.4, -0.2) is 41.0 Å². The highest BCUT2D eigenvalue weighted by Gasteiger charge is 2.19. The summed E-state index contributed by atoms with van der Waals surface area (Å²) >= 11 is 0. The molecule has 0 aliphatic rings. The van der Waals surface area contributed by atoms with Crippen molar-refractivity contribution in [3.8, 4) is 0 Å². The van der Waals surface area contributed by atoms with Crippen LogP contribution in [-0.2, 0) is 9.59 Å². The number of hydrogen-bond acceptors (Lipinski definition) is 3. The molecule has 0 aliphatic heterocycles. The molecule has 0 bridgehead atoms. The second-order valence-electron chi connectivity index (χ2n) is 4.16. The van der Waals surface area contributed by atoms with E-state index in [0.717, 1.165) is 12.1 Å². The predicted molar refractivity (Wildman–Crippen MR) is 66.5 cm³/mol. The van der Waals surface area contributed by atoms with Crippen LogP contribution in [0, 0.1) is 0 Å². The molecule has 0 heterocycles. The van der Waals surface area contributed by atoms with Crippen LogP contribution in [0.4, 0.5) is 0 Å². The second-order valence-corrected chi connectivity index (χ2v) is 4.16. The number of aliphatic carboxylic acids is 1. The number of nitrogens with zero attached hydrogens (tertiary/aromatic N) is 1. The summed E-state index contributed by atoms with van der Waals surface area (Å²) in [7, 11) is 0. The van der Waals surface area contributed by atoms with Gasteiger partial charge in [0.15, 0.2) is 0 Å². The van der Waals surface area contributed by atoms with Crippen molar-refractivity contribution in [2.75, 3.05) is 13.1 Å². The Bertz CT molecular complexity index is 298. The van der Waals surface area contributed by atoms with E-state index in [1.54, 1.807) is 13.8 Å². The largest absolute Gasteiger partial charge is 0.480 e. The quantitative estimate of drug-likeness (QED) is 0.704. The number of nitrogens with one attached hydrogen (secondary N) is 1. The van der Waals surface area contributed by atoms with Gasteiger partial charge in [-0.05, 0) is 27.2 Å². The van der Waals surface area contributed by atoms with Crippen LogP contribution in [0.1, 0.15) is 34.1 Å². The summed E-state index contributed by atoms with van der Waals surface area (Å²) in [6.07, 6.45) is 2.88. The zero-order valence-electron chi connectivity index (χ0n) is 11.0. The lowest BCUT2D eigenvalue weighted by Crippen LogP contribution is -2.44. The maximum absolute atomic E-state index is 11.8. The predicted octanol–water partition coefficient (Wildman–Crippen LogP) is 1.21. The summed E-state index contributed by atoms with van der Waals surface area (Å²) in [4.78, 5) is 23.8. The molecular weight excluding hydrogens is 220 g/mol. The lowest BCUT2D eigenvalue weighted by molar-refractivity contribution is -0.145. The number of hydrogen-bond donors (Lipinski definition) is 2.